The Morgan fingerprint density at radius 2 is 1.49 bits per heavy atom. The molecule has 0 atom stereocenters. The molecule has 1 heterocycles. The maximum absolute atomic E-state index is 14.2. The Hall–Kier alpha value is -4.65. The average Bonchev–Trinajstić information content (AvgIpc) is 3.02. The van der Waals surface area contributed by atoms with E-state index in [4.69, 9.17) is 15.2 Å². The number of aromatic nitrogens is 3. The summed E-state index contributed by atoms with van der Waals surface area (Å²) in [5.41, 5.74) is 8.12. The number of benzene rings is 3. The van der Waals surface area contributed by atoms with Gasteiger partial charge in [-0.15, -0.1) is 0 Å². The van der Waals surface area contributed by atoms with Crippen LogP contribution in [0.15, 0.2) is 78.9 Å². The van der Waals surface area contributed by atoms with Crippen LogP contribution in [0.1, 0.15) is 21.5 Å². The predicted octanol–water partition coefficient (Wildman–Crippen LogP) is 3.74. The highest BCUT2D eigenvalue weighted by Crippen LogP contribution is 2.18. The number of amides is 1. The van der Waals surface area contributed by atoms with E-state index in [0.717, 1.165) is 6.42 Å². The molecule has 0 unspecified atom stereocenters. The van der Waals surface area contributed by atoms with Crippen LogP contribution in [-0.4, -0.2) is 66.9 Å². The molecule has 12 heteroatoms. The molecular formula is C31H37FN8O3. The van der Waals surface area contributed by atoms with Crippen molar-refractivity contribution in [1.82, 2.24) is 20.3 Å². The molecule has 0 saturated carbocycles. The van der Waals surface area contributed by atoms with Crippen molar-refractivity contribution >= 4 is 29.4 Å². The van der Waals surface area contributed by atoms with Crippen LogP contribution in [0.25, 0.3) is 0 Å². The second kappa shape index (κ2) is 17.3. The van der Waals surface area contributed by atoms with Crippen molar-refractivity contribution in [2.75, 3.05) is 62.0 Å². The maximum Gasteiger partial charge on any atom is 0.251 e. The van der Waals surface area contributed by atoms with Crippen LogP contribution >= 0.6 is 0 Å². The third-order valence-electron chi connectivity index (χ3n) is 6.12. The van der Waals surface area contributed by atoms with Crippen molar-refractivity contribution in [3.8, 4) is 0 Å². The van der Waals surface area contributed by atoms with Gasteiger partial charge in [0.2, 0.25) is 17.8 Å². The summed E-state index contributed by atoms with van der Waals surface area (Å²) in [5.74, 6) is 0.327. The van der Waals surface area contributed by atoms with E-state index in [1.807, 2.05) is 18.2 Å². The molecule has 3 aromatic carbocycles. The van der Waals surface area contributed by atoms with Gasteiger partial charge in [-0.05, 0) is 36.2 Å². The van der Waals surface area contributed by atoms with Gasteiger partial charge >= 0.3 is 0 Å². The lowest BCUT2D eigenvalue weighted by Gasteiger charge is -2.12. The molecule has 6 N–H and O–H groups in total. The monoisotopic (exact) mass is 588 g/mol. The molecule has 4 rings (SSSR count). The fourth-order valence-electron chi connectivity index (χ4n) is 3.98. The number of ether oxygens (including phenoxy) is 2. The van der Waals surface area contributed by atoms with Crippen molar-refractivity contribution in [3.05, 3.63) is 101 Å². The molecule has 226 valence electrons. The first-order valence-electron chi connectivity index (χ1n) is 14.1. The van der Waals surface area contributed by atoms with Crippen molar-refractivity contribution in [2.45, 2.75) is 13.0 Å². The largest absolute Gasteiger partial charge is 0.378 e. The van der Waals surface area contributed by atoms with Gasteiger partial charge in [0.25, 0.3) is 5.91 Å². The van der Waals surface area contributed by atoms with E-state index in [9.17, 15) is 9.18 Å². The Labute approximate surface area is 250 Å². The van der Waals surface area contributed by atoms with Gasteiger partial charge < -0.3 is 36.5 Å². The van der Waals surface area contributed by atoms with Crippen LogP contribution < -0.4 is 27.0 Å². The lowest BCUT2D eigenvalue weighted by atomic mass is 10.1. The summed E-state index contributed by atoms with van der Waals surface area (Å²) < 4.78 is 24.9. The van der Waals surface area contributed by atoms with E-state index in [0.29, 0.717) is 68.8 Å². The highest BCUT2D eigenvalue weighted by atomic mass is 19.1. The molecule has 11 nitrogen and oxygen atoms in total. The Kier molecular flexibility index (Phi) is 12.6. The van der Waals surface area contributed by atoms with Gasteiger partial charge in [-0.2, -0.15) is 15.0 Å². The van der Waals surface area contributed by atoms with E-state index in [1.165, 1.54) is 11.6 Å². The highest BCUT2D eigenvalue weighted by molar-refractivity contribution is 5.95. The second-order valence-electron chi connectivity index (χ2n) is 9.39. The van der Waals surface area contributed by atoms with E-state index >= 15 is 0 Å². The third kappa shape index (κ3) is 10.9. The summed E-state index contributed by atoms with van der Waals surface area (Å²) in [4.78, 5) is 26.1. The molecule has 1 amide bonds. The number of carbonyl (C=O) groups is 1. The number of nitrogens with one attached hydrogen (secondary N) is 4. The van der Waals surface area contributed by atoms with Gasteiger partial charge in [0.05, 0.1) is 26.4 Å². The number of hydrogen-bond donors (Lipinski definition) is 5. The number of hydrogen-bond acceptors (Lipinski definition) is 10. The molecule has 0 fully saturated rings. The summed E-state index contributed by atoms with van der Waals surface area (Å²) in [6.45, 7) is 3.37. The molecule has 0 bridgehead atoms. The van der Waals surface area contributed by atoms with Crippen LogP contribution in [-0.2, 0) is 22.4 Å². The number of nitrogens with zero attached hydrogens (tertiary/aromatic N) is 3. The first-order chi connectivity index (χ1) is 21.1. The third-order valence-corrected chi connectivity index (χ3v) is 6.12. The van der Waals surface area contributed by atoms with Gasteiger partial charge in [0.1, 0.15) is 5.82 Å². The molecular weight excluding hydrogens is 551 g/mol. The van der Waals surface area contributed by atoms with E-state index < -0.39 is 0 Å². The quantitative estimate of drug-likeness (QED) is 0.109. The Bertz CT molecular complexity index is 1430. The Morgan fingerprint density at radius 3 is 2.28 bits per heavy atom. The van der Waals surface area contributed by atoms with Gasteiger partial charge in [0.15, 0.2) is 0 Å². The highest BCUT2D eigenvalue weighted by Gasteiger charge is 2.11. The van der Waals surface area contributed by atoms with Gasteiger partial charge in [0, 0.05) is 43.0 Å². The van der Waals surface area contributed by atoms with Crippen molar-refractivity contribution < 1.29 is 18.7 Å². The fourth-order valence-corrected chi connectivity index (χ4v) is 3.98. The molecule has 0 aliphatic rings. The lowest BCUT2D eigenvalue weighted by molar-refractivity contribution is 0.0511. The normalized spacial score (nSPS) is 10.7. The zero-order chi connectivity index (χ0) is 30.1. The number of halogens is 1. The summed E-state index contributed by atoms with van der Waals surface area (Å²) in [6, 6.07) is 23.6. The Balaban J connectivity index is 1.38. The number of nitrogens with two attached hydrogens (primary N) is 1. The van der Waals surface area contributed by atoms with Gasteiger partial charge in [-0.25, -0.2) is 4.39 Å². The zero-order valence-corrected chi connectivity index (χ0v) is 23.9. The van der Waals surface area contributed by atoms with Crippen LogP contribution in [0.3, 0.4) is 0 Å². The lowest BCUT2D eigenvalue weighted by Crippen LogP contribution is -2.27. The zero-order valence-electron chi connectivity index (χ0n) is 23.9. The molecule has 1 aromatic heterocycles. The van der Waals surface area contributed by atoms with Crippen molar-refractivity contribution in [2.24, 2.45) is 5.73 Å². The van der Waals surface area contributed by atoms with Gasteiger partial charge in [-0.3, -0.25) is 4.79 Å². The van der Waals surface area contributed by atoms with Crippen LogP contribution in [0.2, 0.25) is 0 Å². The smallest absolute Gasteiger partial charge is 0.251 e. The molecule has 0 saturated heterocycles. The Morgan fingerprint density at radius 1 is 0.767 bits per heavy atom. The minimum absolute atomic E-state index is 0.194. The standard InChI is InChI=1S/C31H37FN8O3/c32-27-12-5-4-9-25(27)22-36-30-38-29(35-15-13-23-7-2-1-3-8-23)39-31(40-30)37-26-11-6-10-24(21-26)28(41)34-16-18-43-20-19-42-17-14-33/h1-12,21H,13-20,22,33H2,(H,34,41)(H3,35,36,37,38,39,40). The predicted molar refractivity (Wildman–Crippen MR) is 165 cm³/mol. The molecule has 4 aromatic rings. The minimum Gasteiger partial charge on any atom is -0.378 e. The van der Waals surface area contributed by atoms with Gasteiger partial charge in [-0.1, -0.05) is 54.6 Å². The van der Waals surface area contributed by atoms with E-state index in [1.54, 1.807) is 42.5 Å². The number of anilines is 4. The second-order valence-corrected chi connectivity index (χ2v) is 9.39. The number of rotatable bonds is 18. The van der Waals surface area contributed by atoms with E-state index in [-0.39, 0.29) is 30.2 Å². The van der Waals surface area contributed by atoms with Crippen LogP contribution in [0.4, 0.5) is 27.9 Å². The maximum atomic E-state index is 14.2. The summed E-state index contributed by atoms with van der Waals surface area (Å²) in [7, 11) is 0. The molecule has 43 heavy (non-hydrogen) atoms. The van der Waals surface area contributed by atoms with Crippen LogP contribution in [0, 0.1) is 5.82 Å². The first-order valence-corrected chi connectivity index (χ1v) is 14.1. The number of carbonyl (C=O) groups excluding carboxylic acids is 1. The van der Waals surface area contributed by atoms with Crippen molar-refractivity contribution in [1.29, 1.82) is 0 Å². The SMILES string of the molecule is NCCOCCOCCNC(=O)c1cccc(Nc2nc(NCCc3ccccc3)nc(NCc3ccccc3F)n2)c1. The first kappa shape index (κ1) is 31.3. The van der Waals surface area contributed by atoms with Crippen LogP contribution in [0.5, 0.6) is 0 Å². The summed E-state index contributed by atoms with van der Waals surface area (Å²) in [5, 5.41) is 12.3. The van der Waals surface area contributed by atoms with E-state index in [2.05, 4.69) is 48.4 Å². The molecule has 0 aliphatic carbocycles. The summed E-state index contributed by atoms with van der Waals surface area (Å²) in [6.07, 6.45) is 0.775. The summed E-state index contributed by atoms with van der Waals surface area (Å²) >= 11 is 0. The average molecular weight is 589 g/mol. The molecule has 0 aliphatic heterocycles. The topological polar surface area (TPSA) is 148 Å². The molecule has 0 radical (unpaired) electrons. The minimum atomic E-state index is -0.318. The molecule has 0 spiro atoms. The van der Waals surface area contributed by atoms with Crippen molar-refractivity contribution in [3.63, 3.8) is 0 Å². The fraction of sp³-hybridized carbons (Fsp3) is 0.290.